The summed E-state index contributed by atoms with van der Waals surface area (Å²) in [7, 11) is 1.65. The smallest absolute Gasteiger partial charge is 0.166 e. The molecule has 2 aromatic carbocycles. The molecule has 1 atom stereocenters. The molecule has 0 aliphatic carbocycles. The molecular formula is C20H24ClNO3. The lowest BCUT2D eigenvalue weighted by molar-refractivity contribution is 0.110. The average Bonchev–Trinajstić information content (AvgIpc) is 3.15. The minimum Gasteiger partial charge on any atom is -0.493 e. The van der Waals surface area contributed by atoms with Crippen LogP contribution in [-0.2, 0) is 17.9 Å². The molecule has 1 aliphatic rings. The van der Waals surface area contributed by atoms with Gasteiger partial charge in [0.15, 0.2) is 11.5 Å². The zero-order valence-electron chi connectivity index (χ0n) is 14.5. The molecular weight excluding hydrogens is 338 g/mol. The SMILES string of the molecule is COc1cccc(CNCC2CCCO2)c1OCc1ccccc1Cl. The van der Waals surface area contributed by atoms with Crippen molar-refractivity contribution in [3.63, 3.8) is 0 Å². The third kappa shape index (κ3) is 4.88. The predicted octanol–water partition coefficient (Wildman–Crippen LogP) is 4.20. The Hall–Kier alpha value is -1.75. The Bertz CT molecular complexity index is 686. The van der Waals surface area contributed by atoms with Gasteiger partial charge in [-0.15, -0.1) is 0 Å². The van der Waals surface area contributed by atoms with E-state index in [0.717, 1.165) is 48.6 Å². The van der Waals surface area contributed by atoms with Crippen molar-refractivity contribution in [1.29, 1.82) is 0 Å². The molecule has 0 radical (unpaired) electrons. The molecule has 5 heteroatoms. The van der Waals surface area contributed by atoms with Crippen LogP contribution in [0.25, 0.3) is 0 Å². The van der Waals surface area contributed by atoms with Crippen LogP contribution in [-0.4, -0.2) is 26.4 Å². The monoisotopic (exact) mass is 361 g/mol. The van der Waals surface area contributed by atoms with E-state index in [1.165, 1.54) is 0 Å². The lowest BCUT2D eigenvalue weighted by Gasteiger charge is -2.17. The zero-order chi connectivity index (χ0) is 17.5. The van der Waals surface area contributed by atoms with Gasteiger partial charge in [0.05, 0.1) is 13.2 Å². The Morgan fingerprint density at radius 3 is 2.76 bits per heavy atom. The molecule has 2 aromatic rings. The van der Waals surface area contributed by atoms with E-state index in [-0.39, 0.29) is 0 Å². The summed E-state index contributed by atoms with van der Waals surface area (Å²) in [5.41, 5.74) is 2.01. The highest BCUT2D eigenvalue weighted by Gasteiger charge is 2.16. The first-order valence-electron chi connectivity index (χ1n) is 8.62. The summed E-state index contributed by atoms with van der Waals surface area (Å²) in [5.74, 6) is 1.48. The van der Waals surface area contributed by atoms with Crippen molar-refractivity contribution in [1.82, 2.24) is 5.32 Å². The van der Waals surface area contributed by atoms with E-state index < -0.39 is 0 Å². The fraction of sp³-hybridized carbons (Fsp3) is 0.400. The predicted molar refractivity (Wildman–Crippen MR) is 99.5 cm³/mol. The number of nitrogens with one attached hydrogen (secondary N) is 1. The molecule has 1 aliphatic heterocycles. The highest BCUT2D eigenvalue weighted by Crippen LogP contribution is 2.32. The van der Waals surface area contributed by atoms with Gasteiger partial charge in [0.2, 0.25) is 0 Å². The number of halogens is 1. The van der Waals surface area contributed by atoms with Gasteiger partial charge in [0, 0.05) is 35.8 Å². The Morgan fingerprint density at radius 2 is 2.00 bits per heavy atom. The molecule has 4 nitrogen and oxygen atoms in total. The van der Waals surface area contributed by atoms with Gasteiger partial charge in [0.25, 0.3) is 0 Å². The van der Waals surface area contributed by atoms with Crippen LogP contribution in [0.2, 0.25) is 5.02 Å². The quantitative estimate of drug-likeness (QED) is 0.765. The van der Waals surface area contributed by atoms with Crippen molar-refractivity contribution in [2.75, 3.05) is 20.3 Å². The summed E-state index contributed by atoms with van der Waals surface area (Å²) in [6.07, 6.45) is 2.59. The number of benzene rings is 2. The van der Waals surface area contributed by atoms with Gasteiger partial charge >= 0.3 is 0 Å². The summed E-state index contributed by atoms with van der Waals surface area (Å²) in [5, 5.41) is 4.16. The Labute approximate surface area is 154 Å². The Morgan fingerprint density at radius 1 is 1.16 bits per heavy atom. The van der Waals surface area contributed by atoms with Crippen LogP contribution in [0.1, 0.15) is 24.0 Å². The van der Waals surface area contributed by atoms with E-state index in [4.69, 9.17) is 25.8 Å². The number of para-hydroxylation sites is 1. The maximum absolute atomic E-state index is 6.22. The highest BCUT2D eigenvalue weighted by molar-refractivity contribution is 6.31. The van der Waals surface area contributed by atoms with Gasteiger partial charge in [-0.3, -0.25) is 0 Å². The van der Waals surface area contributed by atoms with Crippen molar-refractivity contribution >= 4 is 11.6 Å². The highest BCUT2D eigenvalue weighted by atomic mass is 35.5. The second kappa shape index (κ2) is 9.09. The van der Waals surface area contributed by atoms with Gasteiger partial charge in [-0.25, -0.2) is 0 Å². The molecule has 1 heterocycles. The summed E-state index contributed by atoms with van der Waals surface area (Å²) >= 11 is 6.22. The third-order valence-corrected chi connectivity index (χ3v) is 4.69. The lowest BCUT2D eigenvalue weighted by Crippen LogP contribution is -2.26. The molecule has 3 rings (SSSR count). The van der Waals surface area contributed by atoms with Gasteiger partial charge in [-0.1, -0.05) is 41.9 Å². The summed E-state index contributed by atoms with van der Waals surface area (Å²) < 4.78 is 17.2. The van der Waals surface area contributed by atoms with Gasteiger partial charge in [-0.2, -0.15) is 0 Å². The molecule has 0 bridgehead atoms. The first kappa shape index (κ1) is 18.1. The maximum Gasteiger partial charge on any atom is 0.166 e. The van der Waals surface area contributed by atoms with Crippen LogP contribution in [0.15, 0.2) is 42.5 Å². The summed E-state index contributed by atoms with van der Waals surface area (Å²) in [4.78, 5) is 0. The molecule has 25 heavy (non-hydrogen) atoms. The number of hydrogen-bond acceptors (Lipinski definition) is 4. The first-order valence-corrected chi connectivity index (χ1v) is 9.00. The van der Waals surface area contributed by atoms with Gasteiger partial charge in [0.1, 0.15) is 6.61 Å². The normalized spacial score (nSPS) is 16.8. The molecule has 1 unspecified atom stereocenters. The van der Waals surface area contributed by atoms with Crippen molar-refractivity contribution in [2.45, 2.75) is 32.1 Å². The van der Waals surface area contributed by atoms with Crippen LogP contribution in [0.3, 0.4) is 0 Å². The molecule has 1 saturated heterocycles. The number of methoxy groups -OCH3 is 1. The Balaban J connectivity index is 1.66. The van der Waals surface area contributed by atoms with Crippen molar-refractivity contribution in [3.05, 3.63) is 58.6 Å². The fourth-order valence-electron chi connectivity index (χ4n) is 2.96. The number of ether oxygens (including phenoxy) is 3. The third-order valence-electron chi connectivity index (χ3n) is 4.32. The molecule has 0 aromatic heterocycles. The topological polar surface area (TPSA) is 39.7 Å². The van der Waals surface area contributed by atoms with E-state index in [0.29, 0.717) is 24.3 Å². The van der Waals surface area contributed by atoms with Crippen LogP contribution in [0, 0.1) is 0 Å². The van der Waals surface area contributed by atoms with Crippen LogP contribution >= 0.6 is 11.6 Å². The number of rotatable bonds is 8. The fourth-order valence-corrected chi connectivity index (χ4v) is 3.15. The standard InChI is InChI=1S/C20H24ClNO3/c1-23-19-10-4-7-15(12-22-13-17-8-5-11-24-17)20(19)25-14-16-6-2-3-9-18(16)21/h2-4,6-7,9-10,17,22H,5,8,11-14H2,1H3. The van der Waals surface area contributed by atoms with Crippen molar-refractivity contribution in [2.24, 2.45) is 0 Å². The van der Waals surface area contributed by atoms with Crippen LogP contribution in [0.5, 0.6) is 11.5 Å². The molecule has 1 N–H and O–H groups in total. The van der Waals surface area contributed by atoms with Gasteiger partial charge in [-0.05, 0) is 25.0 Å². The minimum atomic E-state index is 0.318. The molecule has 0 spiro atoms. The number of hydrogen-bond donors (Lipinski definition) is 1. The van der Waals surface area contributed by atoms with E-state index >= 15 is 0 Å². The lowest BCUT2D eigenvalue weighted by atomic mass is 10.1. The second-order valence-electron chi connectivity index (χ2n) is 6.09. The summed E-state index contributed by atoms with van der Waals surface area (Å²) in [6, 6.07) is 13.6. The van der Waals surface area contributed by atoms with Crippen molar-refractivity contribution < 1.29 is 14.2 Å². The maximum atomic E-state index is 6.22. The average molecular weight is 362 g/mol. The molecule has 0 saturated carbocycles. The van der Waals surface area contributed by atoms with E-state index in [9.17, 15) is 0 Å². The van der Waals surface area contributed by atoms with E-state index in [1.54, 1.807) is 7.11 Å². The first-order chi connectivity index (χ1) is 12.3. The Kier molecular flexibility index (Phi) is 6.56. The minimum absolute atomic E-state index is 0.318. The van der Waals surface area contributed by atoms with Crippen LogP contribution in [0.4, 0.5) is 0 Å². The van der Waals surface area contributed by atoms with E-state index in [2.05, 4.69) is 5.32 Å². The van der Waals surface area contributed by atoms with Crippen LogP contribution < -0.4 is 14.8 Å². The molecule has 1 fully saturated rings. The van der Waals surface area contributed by atoms with E-state index in [1.807, 2.05) is 42.5 Å². The van der Waals surface area contributed by atoms with Crippen molar-refractivity contribution in [3.8, 4) is 11.5 Å². The summed E-state index contributed by atoms with van der Waals surface area (Å²) in [6.45, 7) is 2.83. The molecule has 0 amide bonds. The largest absolute Gasteiger partial charge is 0.493 e. The van der Waals surface area contributed by atoms with Gasteiger partial charge < -0.3 is 19.5 Å². The molecule has 134 valence electrons. The zero-order valence-corrected chi connectivity index (χ0v) is 15.2. The second-order valence-corrected chi connectivity index (χ2v) is 6.50.